The van der Waals surface area contributed by atoms with Crippen molar-refractivity contribution in [2.45, 2.75) is 70.0 Å². The Bertz CT molecular complexity index is 259. The average Bonchev–Trinajstić information content (AvgIpc) is 3.22. The van der Waals surface area contributed by atoms with Gasteiger partial charge in [-0.1, -0.05) is 13.8 Å². The molecule has 0 saturated heterocycles. The molecule has 2 fully saturated rings. The fraction of sp³-hybridized carbons (Fsp3) is 1.00. The lowest BCUT2D eigenvalue weighted by Gasteiger charge is -2.40. The van der Waals surface area contributed by atoms with Gasteiger partial charge in [0.05, 0.1) is 12.1 Å². The van der Waals surface area contributed by atoms with Crippen LogP contribution in [0.15, 0.2) is 0 Å². The van der Waals surface area contributed by atoms with E-state index in [0.29, 0.717) is 24.6 Å². The zero-order valence-corrected chi connectivity index (χ0v) is 12.3. The zero-order chi connectivity index (χ0) is 13.2. The Morgan fingerprint density at radius 3 is 2.22 bits per heavy atom. The molecule has 0 bridgehead atoms. The van der Waals surface area contributed by atoms with Gasteiger partial charge in [0.25, 0.3) is 0 Å². The zero-order valence-electron chi connectivity index (χ0n) is 12.3. The summed E-state index contributed by atoms with van der Waals surface area (Å²) in [6.45, 7) is 5.81. The molecule has 0 spiro atoms. The minimum absolute atomic E-state index is 0.0293. The number of hydrogen-bond donors (Lipinski definition) is 2. The summed E-state index contributed by atoms with van der Waals surface area (Å²) in [5.74, 6) is 0.694. The summed E-state index contributed by atoms with van der Waals surface area (Å²) < 4.78 is 0. The highest BCUT2D eigenvalue weighted by atomic mass is 16.3. The van der Waals surface area contributed by atoms with E-state index >= 15 is 0 Å². The monoisotopic (exact) mass is 254 g/mol. The number of aliphatic hydroxyl groups is 1. The Morgan fingerprint density at radius 1 is 1.22 bits per heavy atom. The minimum atomic E-state index is -0.0293. The van der Waals surface area contributed by atoms with Crippen molar-refractivity contribution in [3.8, 4) is 0 Å². The van der Waals surface area contributed by atoms with E-state index in [-0.39, 0.29) is 5.54 Å². The van der Waals surface area contributed by atoms with Gasteiger partial charge in [0.15, 0.2) is 0 Å². The number of nitrogens with one attached hydrogen (secondary N) is 1. The van der Waals surface area contributed by atoms with Crippen LogP contribution in [0.3, 0.4) is 0 Å². The van der Waals surface area contributed by atoms with Gasteiger partial charge in [-0.15, -0.1) is 0 Å². The Morgan fingerprint density at radius 2 is 1.83 bits per heavy atom. The van der Waals surface area contributed by atoms with E-state index in [0.717, 1.165) is 6.54 Å². The molecule has 2 aliphatic rings. The number of aliphatic hydroxyl groups excluding tert-OH is 1. The quantitative estimate of drug-likeness (QED) is 0.660. The maximum Gasteiger partial charge on any atom is 0.0628 e. The van der Waals surface area contributed by atoms with Crippen LogP contribution in [0, 0.1) is 5.92 Å². The van der Waals surface area contributed by atoms with E-state index in [9.17, 15) is 5.11 Å². The van der Waals surface area contributed by atoms with Crippen molar-refractivity contribution in [2.24, 2.45) is 5.92 Å². The highest BCUT2D eigenvalue weighted by Crippen LogP contribution is 2.42. The molecule has 2 rings (SSSR count). The number of rotatable bonds is 9. The third-order valence-corrected chi connectivity index (χ3v) is 4.81. The van der Waals surface area contributed by atoms with Gasteiger partial charge >= 0.3 is 0 Å². The second-order valence-corrected chi connectivity index (χ2v) is 6.39. The predicted octanol–water partition coefficient (Wildman–Crippen LogP) is 2.00. The van der Waals surface area contributed by atoms with Crippen LogP contribution in [0.5, 0.6) is 0 Å². The number of likely N-dealkylation sites (N-methyl/N-ethyl adjacent to an activating group) is 1. The lowest BCUT2D eigenvalue weighted by molar-refractivity contribution is 0.0799. The average molecular weight is 254 g/mol. The smallest absolute Gasteiger partial charge is 0.0628 e. The first kappa shape index (κ1) is 14.3. The van der Waals surface area contributed by atoms with Crippen LogP contribution in [0.4, 0.5) is 0 Å². The van der Waals surface area contributed by atoms with Crippen molar-refractivity contribution in [3.63, 3.8) is 0 Å². The highest BCUT2D eigenvalue weighted by molar-refractivity contribution is 5.06. The van der Waals surface area contributed by atoms with E-state index in [1.54, 1.807) is 0 Å². The summed E-state index contributed by atoms with van der Waals surface area (Å²) in [4.78, 5) is 2.46. The maximum atomic E-state index is 9.95. The molecule has 0 radical (unpaired) electrons. The second-order valence-electron chi connectivity index (χ2n) is 6.39. The molecular formula is C15H30N2O. The lowest BCUT2D eigenvalue weighted by atomic mass is 9.92. The minimum Gasteiger partial charge on any atom is -0.394 e. The summed E-state index contributed by atoms with van der Waals surface area (Å²) in [5, 5.41) is 13.7. The molecule has 18 heavy (non-hydrogen) atoms. The van der Waals surface area contributed by atoms with E-state index in [1.807, 2.05) is 0 Å². The molecule has 0 aromatic rings. The summed E-state index contributed by atoms with van der Waals surface area (Å²) in [5.41, 5.74) is -0.0293. The van der Waals surface area contributed by atoms with Crippen molar-refractivity contribution in [1.82, 2.24) is 10.2 Å². The van der Waals surface area contributed by atoms with Crippen LogP contribution >= 0.6 is 0 Å². The number of nitrogens with zero attached hydrogens (tertiary/aromatic N) is 1. The van der Waals surface area contributed by atoms with Gasteiger partial charge in [-0.3, -0.25) is 0 Å². The van der Waals surface area contributed by atoms with Crippen molar-refractivity contribution in [1.29, 1.82) is 0 Å². The molecule has 0 heterocycles. The fourth-order valence-corrected chi connectivity index (χ4v) is 3.27. The third kappa shape index (κ3) is 3.25. The van der Waals surface area contributed by atoms with E-state index in [4.69, 9.17) is 0 Å². The molecule has 2 N–H and O–H groups in total. The molecule has 2 saturated carbocycles. The topological polar surface area (TPSA) is 35.5 Å². The van der Waals surface area contributed by atoms with E-state index in [1.165, 1.54) is 38.5 Å². The van der Waals surface area contributed by atoms with Crippen molar-refractivity contribution in [3.05, 3.63) is 0 Å². The van der Waals surface area contributed by atoms with Gasteiger partial charge < -0.3 is 15.3 Å². The molecule has 1 unspecified atom stereocenters. The molecular weight excluding hydrogens is 224 g/mol. The van der Waals surface area contributed by atoms with Gasteiger partial charge in [0.1, 0.15) is 0 Å². The largest absolute Gasteiger partial charge is 0.394 e. The Kier molecular flexibility index (Phi) is 4.68. The molecule has 2 aliphatic carbocycles. The van der Waals surface area contributed by atoms with Gasteiger partial charge in [0, 0.05) is 18.6 Å². The Balaban J connectivity index is 1.98. The van der Waals surface area contributed by atoms with E-state index < -0.39 is 0 Å². The summed E-state index contributed by atoms with van der Waals surface area (Å²) >= 11 is 0. The van der Waals surface area contributed by atoms with Crippen LogP contribution in [-0.4, -0.2) is 47.8 Å². The molecule has 106 valence electrons. The molecule has 0 aromatic heterocycles. The first-order valence-corrected chi connectivity index (χ1v) is 7.74. The van der Waals surface area contributed by atoms with Gasteiger partial charge in [-0.05, 0) is 51.5 Å². The van der Waals surface area contributed by atoms with Crippen molar-refractivity contribution >= 4 is 0 Å². The molecule has 0 amide bonds. The SMILES string of the molecule is CCC(CC)N(C)CC(CO)(NC1CC1)C1CC1. The van der Waals surface area contributed by atoms with Gasteiger partial charge in [0.2, 0.25) is 0 Å². The van der Waals surface area contributed by atoms with Crippen molar-refractivity contribution < 1.29 is 5.11 Å². The fourth-order valence-electron chi connectivity index (χ4n) is 3.27. The highest BCUT2D eigenvalue weighted by Gasteiger charge is 2.48. The first-order chi connectivity index (χ1) is 8.65. The van der Waals surface area contributed by atoms with Crippen LogP contribution in [0.1, 0.15) is 52.4 Å². The first-order valence-electron chi connectivity index (χ1n) is 7.74. The van der Waals surface area contributed by atoms with Crippen molar-refractivity contribution in [2.75, 3.05) is 20.2 Å². The van der Waals surface area contributed by atoms with Crippen LogP contribution in [0.2, 0.25) is 0 Å². The molecule has 3 heteroatoms. The summed E-state index contributed by atoms with van der Waals surface area (Å²) in [7, 11) is 2.22. The number of hydrogen-bond acceptors (Lipinski definition) is 3. The summed E-state index contributed by atoms with van der Waals surface area (Å²) in [6.07, 6.45) is 7.56. The third-order valence-electron chi connectivity index (χ3n) is 4.81. The van der Waals surface area contributed by atoms with Crippen LogP contribution in [0.25, 0.3) is 0 Å². The molecule has 1 atom stereocenters. The Hall–Kier alpha value is -0.120. The predicted molar refractivity (Wildman–Crippen MR) is 75.7 cm³/mol. The van der Waals surface area contributed by atoms with Gasteiger partial charge in [-0.2, -0.15) is 0 Å². The standard InChI is InChI=1S/C15H30N2O/c1-4-14(5-2)17(3)10-15(11-18,12-6-7-12)16-13-8-9-13/h12-14,16,18H,4-11H2,1-3H3. The maximum absolute atomic E-state index is 9.95. The normalized spacial score (nSPS) is 23.7. The van der Waals surface area contributed by atoms with E-state index in [2.05, 4.69) is 31.1 Å². The second kappa shape index (κ2) is 5.89. The Labute approximate surface area is 112 Å². The summed E-state index contributed by atoms with van der Waals surface area (Å²) in [6, 6.07) is 1.32. The molecule has 0 aliphatic heterocycles. The van der Waals surface area contributed by atoms with Crippen LogP contribution in [-0.2, 0) is 0 Å². The molecule has 0 aromatic carbocycles. The lowest BCUT2D eigenvalue weighted by Crippen LogP contribution is -2.59. The van der Waals surface area contributed by atoms with Crippen LogP contribution < -0.4 is 5.32 Å². The van der Waals surface area contributed by atoms with Gasteiger partial charge in [-0.25, -0.2) is 0 Å². The molecule has 3 nitrogen and oxygen atoms in total.